The highest BCUT2D eigenvalue weighted by Gasteiger charge is 2.69. The van der Waals surface area contributed by atoms with Crippen molar-refractivity contribution in [2.45, 2.75) is 89.4 Å². The minimum Gasteiger partial charge on any atom is -0.378 e. The summed E-state index contributed by atoms with van der Waals surface area (Å²) in [6.45, 7) is 8.55. The van der Waals surface area contributed by atoms with Crippen molar-refractivity contribution < 1.29 is 4.74 Å². The van der Waals surface area contributed by atoms with E-state index in [1.807, 2.05) is 7.11 Å². The van der Waals surface area contributed by atoms with Crippen molar-refractivity contribution in [2.24, 2.45) is 5.92 Å². The molecule has 3 saturated carbocycles. The van der Waals surface area contributed by atoms with Crippen molar-refractivity contribution in [3.8, 4) is 11.4 Å². The predicted octanol–water partition coefficient (Wildman–Crippen LogP) is 6.27. The molecule has 5 aliphatic rings. The maximum Gasteiger partial charge on any atom is 0.162 e. The predicted molar refractivity (Wildman–Crippen MR) is 152 cm³/mol. The quantitative estimate of drug-likeness (QED) is 0.408. The standard InChI is InChI=1S/C33H38N4O/c1-19-8-9-23(22-10-11-22)14-28(19)36-13-12-27-25(18-36)32(35-31(34-27)30-20(2)6-5-7-21(30)3)37-24-15-26-29(37)17-33(26,16-24)38-4/h5-9,14,22,24,26,29H,10-13,15-18H2,1-4H3/t24-,26?,29-,33-/m0/s1. The van der Waals surface area contributed by atoms with Crippen molar-refractivity contribution in [1.29, 1.82) is 0 Å². The highest BCUT2D eigenvalue weighted by molar-refractivity contribution is 5.69. The molecule has 3 aliphatic carbocycles. The van der Waals surface area contributed by atoms with Gasteiger partial charge in [-0.25, -0.2) is 9.97 Å². The largest absolute Gasteiger partial charge is 0.378 e. The van der Waals surface area contributed by atoms with E-state index in [1.165, 1.54) is 69.8 Å². The van der Waals surface area contributed by atoms with Crippen LogP contribution in [-0.2, 0) is 17.7 Å². The van der Waals surface area contributed by atoms with E-state index < -0.39 is 0 Å². The van der Waals surface area contributed by atoms with Crippen LogP contribution in [0.1, 0.15) is 71.5 Å². The number of hydrogen-bond acceptors (Lipinski definition) is 5. The van der Waals surface area contributed by atoms with Gasteiger partial charge in [0.05, 0.1) is 11.3 Å². The SMILES string of the molecule is CO[C@]12C[C@@H]3CC1[C@H](C2)N3c1nc(-c2c(C)cccc2C)nc2c1CN(c1cc(C3CC3)ccc1C)CC2. The van der Waals surface area contributed by atoms with Gasteiger partial charge in [-0.05, 0) is 87.1 Å². The molecule has 5 heteroatoms. The van der Waals surface area contributed by atoms with Gasteiger partial charge in [-0.1, -0.05) is 30.3 Å². The highest BCUT2D eigenvalue weighted by Crippen LogP contribution is 2.63. The number of rotatable bonds is 5. The van der Waals surface area contributed by atoms with E-state index in [0.29, 0.717) is 18.0 Å². The molecule has 196 valence electrons. The second kappa shape index (κ2) is 8.05. The fourth-order valence-corrected chi connectivity index (χ4v) is 8.38. The molecule has 0 N–H and O–H groups in total. The van der Waals surface area contributed by atoms with Crippen LogP contribution in [0.4, 0.5) is 11.5 Å². The number of piperidine rings is 2. The van der Waals surface area contributed by atoms with Crippen molar-refractivity contribution in [1.82, 2.24) is 9.97 Å². The zero-order valence-corrected chi connectivity index (χ0v) is 23.1. The smallest absolute Gasteiger partial charge is 0.162 e. The Balaban J connectivity index is 1.23. The van der Waals surface area contributed by atoms with E-state index in [1.54, 1.807) is 0 Å². The van der Waals surface area contributed by atoms with Gasteiger partial charge < -0.3 is 14.5 Å². The van der Waals surface area contributed by atoms with Crippen molar-refractivity contribution in [3.05, 3.63) is 69.9 Å². The monoisotopic (exact) mass is 506 g/mol. The molecule has 2 aliphatic heterocycles. The molecule has 3 aromatic rings. The number of anilines is 2. The lowest BCUT2D eigenvalue weighted by Crippen LogP contribution is -2.65. The fourth-order valence-electron chi connectivity index (χ4n) is 8.38. The van der Waals surface area contributed by atoms with E-state index >= 15 is 0 Å². The normalized spacial score (nSPS) is 29.0. The van der Waals surface area contributed by atoms with Crippen molar-refractivity contribution >= 4 is 11.5 Å². The first-order chi connectivity index (χ1) is 18.5. The highest BCUT2D eigenvalue weighted by atomic mass is 16.5. The molecule has 2 bridgehead atoms. The van der Waals surface area contributed by atoms with Crippen LogP contribution in [0, 0.1) is 26.7 Å². The Labute approximate surface area is 226 Å². The summed E-state index contributed by atoms with van der Waals surface area (Å²) in [7, 11) is 1.92. The van der Waals surface area contributed by atoms with Crippen LogP contribution >= 0.6 is 0 Å². The first-order valence-electron chi connectivity index (χ1n) is 14.6. The van der Waals surface area contributed by atoms with Gasteiger partial charge in [0.15, 0.2) is 5.82 Å². The minimum absolute atomic E-state index is 0.126. The number of ether oxygens (including phenoxy) is 1. The maximum absolute atomic E-state index is 6.08. The molecule has 1 saturated heterocycles. The molecule has 38 heavy (non-hydrogen) atoms. The van der Waals surface area contributed by atoms with Crippen LogP contribution < -0.4 is 9.80 Å². The van der Waals surface area contributed by atoms with Crippen LogP contribution in [0.3, 0.4) is 0 Å². The van der Waals surface area contributed by atoms with Crippen LogP contribution in [0.25, 0.3) is 11.4 Å². The summed E-state index contributed by atoms with van der Waals surface area (Å²) in [5.74, 6) is 3.53. The van der Waals surface area contributed by atoms with Gasteiger partial charge in [-0.3, -0.25) is 0 Å². The van der Waals surface area contributed by atoms with Gasteiger partial charge in [-0.15, -0.1) is 0 Å². The molecular weight excluding hydrogens is 468 g/mol. The Hall–Kier alpha value is -2.92. The van der Waals surface area contributed by atoms with Gasteiger partial charge in [-0.2, -0.15) is 0 Å². The topological polar surface area (TPSA) is 41.5 Å². The van der Waals surface area contributed by atoms with Crippen molar-refractivity contribution in [3.63, 3.8) is 0 Å². The summed E-state index contributed by atoms with van der Waals surface area (Å²) >= 11 is 0. The van der Waals surface area contributed by atoms with Gasteiger partial charge >= 0.3 is 0 Å². The number of benzene rings is 2. The molecule has 1 unspecified atom stereocenters. The zero-order chi connectivity index (χ0) is 25.8. The Morgan fingerprint density at radius 3 is 2.50 bits per heavy atom. The van der Waals surface area contributed by atoms with Crippen LogP contribution in [-0.4, -0.2) is 41.3 Å². The molecule has 4 atom stereocenters. The van der Waals surface area contributed by atoms with Gasteiger partial charge in [0.25, 0.3) is 0 Å². The Morgan fingerprint density at radius 1 is 0.974 bits per heavy atom. The summed E-state index contributed by atoms with van der Waals surface area (Å²) in [5.41, 5.74) is 10.7. The Bertz CT molecular complexity index is 1440. The third kappa shape index (κ3) is 3.20. The molecule has 1 aromatic heterocycles. The van der Waals surface area contributed by atoms with Gasteiger partial charge in [0.1, 0.15) is 5.82 Å². The first-order valence-corrected chi connectivity index (χ1v) is 14.6. The third-order valence-electron chi connectivity index (χ3n) is 10.6. The molecular formula is C33H38N4O. The second-order valence-electron chi connectivity index (χ2n) is 12.7. The Morgan fingerprint density at radius 2 is 1.79 bits per heavy atom. The lowest BCUT2D eigenvalue weighted by atomic mass is 9.66. The number of aromatic nitrogens is 2. The van der Waals surface area contributed by atoms with Gasteiger partial charge in [0, 0.05) is 61.4 Å². The lowest BCUT2D eigenvalue weighted by molar-refractivity contribution is -0.127. The summed E-state index contributed by atoms with van der Waals surface area (Å²) < 4.78 is 6.08. The molecule has 3 heterocycles. The Kier molecular flexibility index (Phi) is 4.87. The van der Waals surface area contributed by atoms with Crippen LogP contribution in [0.2, 0.25) is 0 Å². The second-order valence-corrected chi connectivity index (χ2v) is 12.7. The number of fused-ring (bicyclic) bond motifs is 2. The molecule has 4 fully saturated rings. The number of nitrogens with zero attached hydrogens (tertiary/aromatic N) is 4. The number of methoxy groups -OCH3 is 1. The van der Waals surface area contributed by atoms with Crippen LogP contribution in [0.15, 0.2) is 36.4 Å². The third-order valence-corrected chi connectivity index (χ3v) is 10.6. The minimum atomic E-state index is 0.126. The summed E-state index contributed by atoms with van der Waals surface area (Å²) in [4.78, 5) is 16.0. The summed E-state index contributed by atoms with van der Waals surface area (Å²) in [6, 6.07) is 14.8. The fraction of sp³-hybridized carbons (Fsp3) is 0.515. The van der Waals surface area contributed by atoms with E-state index in [9.17, 15) is 0 Å². The molecule has 5 nitrogen and oxygen atoms in total. The number of aryl methyl sites for hydroxylation is 3. The molecule has 2 aromatic carbocycles. The summed E-state index contributed by atoms with van der Waals surface area (Å²) in [6.07, 6.45) is 7.15. The average Bonchev–Trinajstić information content (AvgIpc) is 3.67. The van der Waals surface area contributed by atoms with Gasteiger partial charge in [0.2, 0.25) is 0 Å². The molecule has 0 amide bonds. The lowest BCUT2D eigenvalue weighted by Gasteiger charge is -2.57. The van der Waals surface area contributed by atoms with E-state index in [0.717, 1.165) is 44.1 Å². The number of hydrogen-bond donors (Lipinski definition) is 0. The summed E-state index contributed by atoms with van der Waals surface area (Å²) in [5, 5.41) is 0. The van der Waals surface area contributed by atoms with E-state index in [2.05, 4.69) is 67.0 Å². The average molecular weight is 507 g/mol. The van der Waals surface area contributed by atoms with Crippen LogP contribution in [0.5, 0.6) is 0 Å². The molecule has 8 rings (SSSR count). The maximum atomic E-state index is 6.08. The molecule has 0 spiro atoms. The first kappa shape index (κ1) is 23.0. The molecule has 0 radical (unpaired) electrons. The zero-order valence-electron chi connectivity index (χ0n) is 23.1. The van der Waals surface area contributed by atoms with E-state index in [-0.39, 0.29) is 5.60 Å². The van der Waals surface area contributed by atoms with E-state index in [4.69, 9.17) is 14.7 Å². The van der Waals surface area contributed by atoms with Crippen molar-refractivity contribution in [2.75, 3.05) is 23.5 Å².